The summed E-state index contributed by atoms with van der Waals surface area (Å²) in [5.74, 6) is 0. The Morgan fingerprint density at radius 1 is 1.43 bits per heavy atom. The molecule has 0 spiro atoms. The van der Waals surface area contributed by atoms with Crippen LogP contribution in [0.25, 0.3) is 10.1 Å². The van der Waals surface area contributed by atoms with Crippen LogP contribution < -0.4 is 0 Å². The fourth-order valence-corrected chi connectivity index (χ4v) is 2.96. The molecule has 0 aliphatic rings. The quantitative estimate of drug-likeness (QED) is 0.750. The highest BCUT2D eigenvalue weighted by Crippen LogP contribution is 2.32. The third-order valence-corrected chi connectivity index (χ3v) is 3.95. The van der Waals surface area contributed by atoms with Crippen LogP contribution in [0.4, 0.5) is 0 Å². The van der Waals surface area contributed by atoms with Gasteiger partial charge in [-0.15, -0.1) is 24.0 Å². The van der Waals surface area contributed by atoms with Crippen LogP contribution >= 0.6 is 24.0 Å². The van der Waals surface area contributed by atoms with Gasteiger partial charge in [-0.2, -0.15) is 0 Å². The average Bonchev–Trinajstić information content (AvgIpc) is 2.61. The number of aryl methyl sites for hydroxylation is 1. The summed E-state index contributed by atoms with van der Waals surface area (Å²) < 4.78 is 1.18. The number of hydrogen-bond donors (Lipinski definition) is 2. The molecule has 0 atom stereocenters. The van der Waals surface area contributed by atoms with Gasteiger partial charge in [-0.3, -0.25) is 0 Å². The van der Waals surface area contributed by atoms with Crippen LogP contribution in [-0.4, -0.2) is 5.11 Å². The fourth-order valence-electron chi connectivity index (χ4n) is 1.55. The van der Waals surface area contributed by atoms with Gasteiger partial charge in [0.15, 0.2) is 0 Å². The van der Waals surface area contributed by atoms with E-state index in [4.69, 9.17) is 5.11 Å². The van der Waals surface area contributed by atoms with E-state index in [0.717, 1.165) is 22.3 Å². The van der Waals surface area contributed by atoms with Crippen LogP contribution in [0, 0.1) is 0 Å². The monoisotopic (exact) mass is 224 g/mol. The van der Waals surface area contributed by atoms with Crippen LogP contribution in [-0.2, 0) is 13.0 Å². The van der Waals surface area contributed by atoms with Gasteiger partial charge >= 0.3 is 0 Å². The maximum absolute atomic E-state index is 9.16. The summed E-state index contributed by atoms with van der Waals surface area (Å²) in [6.45, 7) is 2.24. The molecule has 0 saturated heterocycles. The number of thiophene rings is 1. The first-order valence-corrected chi connectivity index (χ1v) is 5.91. The normalized spacial score (nSPS) is 11.1. The first-order chi connectivity index (χ1) is 6.76. The predicted molar refractivity (Wildman–Crippen MR) is 64.4 cm³/mol. The highest BCUT2D eigenvalue weighted by atomic mass is 32.1. The van der Waals surface area contributed by atoms with Crippen molar-refractivity contribution in [3.05, 3.63) is 28.6 Å². The van der Waals surface area contributed by atoms with E-state index in [2.05, 4.69) is 31.7 Å². The Bertz CT molecular complexity index is 460. The van der Waals surface area contributed by atoms with Gasteiger partial charge in [0.25, 0.3) is 0 Å². The average molecular weight is 224 g/mol. The summed E-state index contributed by atoms with van der Waals surface area (Å²) in [7, 11) is 0. The molecule has 1 aromatic carbocycles. The van der Waals surface area contributed by atoms with Crippen molar-refractivity contribution >= 4 is 34.1 Å². The minimum absolute atomic E-state index is 0.111. The van der Waals surface area contributed by atoms with Crippen LogP contribution in [0.5, 0.6) is 0 Å². The lowest BCUT2D eigenvalue weighted by molar-refractivity contribution is 0.284. The van der Waals surface area contributed by atoms with E-state index in [-0.39, 0.29) is 6.61 Å². The van der Waals surface area contributed by atoms with Gasteiger partial charge in [0.05, 0.1) is 6.61 Å². The Morgan fingerprint density at radius 2 is 2.21 bits per heavy atom. The van der Waals surface area contributed by atoms with Crippen molar-refractivity contribution in [3.63, 3.8) is 0 Å². The minimum Gasteiger partial charge on any atom is -0.392 e. The molecule has 2 aromatic rings. The fraction of sp³-hybridized carbons (Fsp3) is 0.273. The molecule has 3 heteroatoms. The Hall–Kier alpha value is -0.510. The Morgan fingerprint density at radius 3 is 2.86 bits per heavy atom. The molecule has 0 unspecified atom stereocenters. The Kier molecular flexibility index (Phi) is 2.81. The highest BCUT2D eigenvalue weighted by molar-refractivity contribution is 7.80. The number of hydrogen-bond acceptors (Lipinski definition) is 3. The first-order valence-electron chi connectivity index (χ1n) is 4.59. The van der Waals surface area contributed by atoms with Crippen molar-refractivity contribution in [1.29, 1.82) is 0 Å². The molecule has 74 valence electrons. The highest BCUT2D eigenvalue weighted by Gasteiger charge is 2.06. The summed E-state index contributed by atoms with van der Waals surface area (Å²) in [5.41, 5.74) is 2.28. The van der Waals surface area contributed by atoms with Crippen LogP contribution in [0.1, 0.15) is 18.1 Å². The largest absolute Gasteiger partial charge is 0.392 e. The topological polar surface area (TPSA) is 20.2 Å². The minimum atomic E-state index is 0.111. The molecule has 1 nitrogen and oxygen atoms in total. The van der Waals surface area contributed by atoms with Crippen LogP contribution in [0.2, 0.25) is 0 Å². The van der Waals surface area contributed by atoms with Crippen molar-refractivity contribution < 1.29 is 5.11 Å². The smallest absolute Gasteiger partial charge is 0.0696 e. The lowest BCUT2D eigenvalue weighted by Crippen LogP contribution is -1.83. The molecule has 0 radical (unpaired) electrons. The number of aliphatic hydroxyl groups excluding tert-OH is 1. The maximum atomic E-state index is 9.16. The zero-order valence-electron chi connectivity index (χ0n) is 7.95. The van der Waals surface area contributed by atoms with E-state index in [0.29, 0.717) is 0 Å². The molecule has 0 aliphatic carbocycles. The zero-order chi connectivity index (χ0) is 10.1. The zero-order valence-corrected chi connectivity index (χ0v) is 9.66. The molecule has 1 heterocycles. The van der Waals surface area contributed by atoms with Crippen molar-refractivity contribution in [2.24, 2.45) is 0 Å². The molecule has 0 amide bonds. The van der Waals surface area contributed by atoms with E-state index in [1.807, 2.05) is 5.38 Å². The number of benzene rings is 1. The third-order valence-electron chi connectivity index (χ3n) is 2.37. The summed E-state index contributed by atoms with van der Waals surface area (Å²) in [6.07, 6.45) is 1.00. The van der Waals surface area contributed by atoms with Crippen molar-refractivity contribution in [3.8, 4) is 0 Å². The SMILES string of the molecule is CCc1cc(S)c2scc(CO)c2c1. The summed E-state index contributed by atoms with van der Waals surface area (Å²) in [4.78, 5) is 1.02. The molecule has 0 fully saturated rings. The van der Waals surface area contributed by atoms with Gasteiger partial charge < -0.3 is 5.11 Å². The summed E-state index contributed by atoms with van der Waals surface area (Å²) in [6, 6.07) is 4.25. The van der Waals surface area contributed by atoms with Crippen molar-refractivity contribution in [2.45, 2.75) is 24.8 Å². The van der Waals surface area contributed by atoms with E-state index in [1.54, 1.807) is 11.3 Å². The Labute approximate surface area is 92.8 Å². The number of fused-ring (bicyclic) bond motifs is 1. The van der Waals surface area contributed by atoms with Crippen molar-refractivity contribution in [2.75, 3.05) is 0 Å². The van der Waals surface area contributed by atoms with E-state index >= 15 is 0 Å². The lowest BCUT2D eigenvalue weighted by Gasteiger charge is -2.01. The van der Waals surface area contributed by atoms with Gasteiger partial charge in [0, 0.05) is 9.60 Å². The standard InChI is InChI=1S/C11H12OS2/c1-2-7-3-9-8(5-12)6-14-11(9)10(13)4-7/h3-4,6,12-13H,2,5H2,1H3. The number of rotatable bonds is 2. The molecule has 1 aromatic heterocycles. The third kappa shape index (κ3) is 1.56. The van der Waals surface area contributed by atoms with Gasteiger partial charge in [0.1, 0.15) is 0 Å². The molecule has 0 aliphatic heterocycles. The molecule has 0 bridgehead atoms. The number of aliphatic hydroxyl groups is 1. The molecular formula is C11H12OS2. The molecule has 2 rings (SSSR count). The molecule has 0 saturated carbocycles. The second kappa shape index (κ2) is 3.93. The van der Waals surface area contributed by atoms with E-state index in [9.17, 15) is 0 Å². The second-order valence-corrected chi connectivity index (χ2v) is 4.63. The van der Waals surface area contributed by atoms with Gasteiger partial charge in [-0.1, -0.05) is 6.92 Å². The summed E-state index contributed by atoms with van der Waals surface area (Å²) >= 11 is 6.10. The van der Waals surface area contributed by atoms with Gasteiger partial charge in [-0.05, 0) is 40.4 Å². The number of thiol groups is 1. The lowest BCUT2D eigenvalue weighted by atomic mass is 10.1. The molecule has 14 heavy (non-hydrogen) atoms. The van der Waals surface area contributed by atoms with Crippen molar-refractivity contribution in [1.82, 2.24) is 0 Å². The predicted octanol–water partition coefficient (Wildman–Crippen LogP) is 3.24. The van der Waals surface area contributed by atoms with Crippen LogP contribution in [0.15, 0.2) is 22.4 Å². The molecule has 1 N–H and O–H groups in total. The Balaban J connectivity index is 2.73. The van der Waals surface area contributed by atoms with Gasteiger partial charge in [-0.25, -0.2) is 0 Å². The summed E-state index contributed by atoms with van der Waals surface area (Å²) in [5, 5.41) is 12.3. The molecular weight excluding hydrogens is 212 g/mol. The van der Waals surface area contributed by atoms with E-state index in [1.165, 1.54) is 10.3 Å². The van der Waals surface area contributed by atoms with Crippen LogP contribution in [0.3, 0.4) is 0 Å². The first kappa shape index (κ1) is 10.0. The maximum Gasteiger partial charge on any atom is 0.0696 e. The van der Waals surface area contributed by atoms with Gasteiger partial charge in [0.2, 0.25) is 0 Å². The van der Waals surface area contributed by atoms with E-state index < -0.39 is 0 Å². The second-order valence-electron chi connectivity index (χ2n) is 3.26.